The van der Waals surface area contributed by atoms with Crippen LogP contribution in [0.25, 0.3) is 4.98 Å². The van der Waals surface area contributed by atoms with Gasteiger partial charge in [-0.2, -0.15) is 0 Å². The average molecular weight is 959 g/mol. The second kappa shape index (κ2) is 24.2. The molecule has 1 heterocycles. The third-order valence-electron chi connectivity index (χ3n) is 12.7. The number of benzene rings is 5. The van der Waals surface area contributed by atoms with Crippen LogP contribution in [0.1, 0.15) is 154 Å². The molecule has 1 fully saturated rings. The van der Waals surface area contributed by atoms with E-state index in [0.717, 1.165) is 13.2 Å². The Morgan fingerprint density at radius 1 is 0.532 bits per heavy atom. The number of hydrogen-bond donors (Lipinski definition) is 0. The first-order valence-corrected chi connectivity index (χ1v) is 24.8. The molecule has 0 spiro atoms. The molecular weight excluding hydrogens is 884 g/mol. The summed E-state index contributed by atoms with van der Waals surface area (Å²) in [5.74, 6) is 0.487. The Bertz CT molecular complexity index is 1800. The molecule has 62 heavy (non-hydrogen) atoms. The minimum Gasteiger partial charge on any atom is -0.832 e. The topological polar surface area (TPSA) is 64.9 Å². The maximum atomic E-state index is 10.7. The van der Waals surface area contributed by atoms with E-state index in [1.807, 2.05) is 41.5 Å². The second-order valence-corrected chi connectivity index (χ2v) is 24.0. The van der Waals surface area contributed by atoms with Crippen LogP contribution < -0.4 is 5.02 Å². The van der Waals surface area contributed by atoms with Crippen LogP contribution in [0.5, 0.6) is 0 Å². The van der Waals surface area contributed by atoms with Gasteiger partial charge in [0.2, 0.25) is 0 Å². The standard InChI is InChI=1S/C44H52NSi.C6H12BO3.C4H10O.Sn/c1-31(2)39-29-40(42(35-21-13-9-14-22-35)36-23-15-10-16-24-36)44(45-46(32(3)4,33(5)6)34(7)8)41(30-39)43(37-25-17-11-18-26-37)38-27-19-12-20-28-38;1-5(2)6(3,4)10-7(8)9-5;1-3-5-4-2;/h9-34,42-43H,1-8H3;1-4H3;3-4H2,1-2H3;/q2*-1;;+2. The molecule has 6 rings (SSSR count). The largest absolute Gasteiger partial charge is 2.00 e. The molecule has 8 heteroatoms. The molecule has 0 aromatic heterocycles. The number of rotatable bonds is 14. The van der Waals surface area contributed by atoms with Crippen LogP contribution in [0.2, 0.25) is 16.6 Å². The van der Waals surface area contributed by atoms with Crippen molar-refractivity contribution >= 4 is 45.2 Å². The van der Waals surface area contributed by atoms with Gasteiger partial charge in [-0.3, -0.25) is 0 Å². The molecule has 0 N–H and O–H groups in total. The van der Waals surface area contributed by atoms with Crippen molar-refractivity contribution in [3.05, 3.63) is 177 Å². The van der Waals surface area contributed by atoms with Gasteiger partial charge in [0.25, 0.3) is 0 Å². The van der Waals surface area contributed by atoms with Gasteiger partial charge in [-0.15, -0.1) is 5.69 Å². The van der Waals surface area contributed by atoms with Crippen LogP contribution in [0.3, 0.4) is 0 Å². The maximum absolute atomic E-state index is 10.7. The van der Waals surface area contributed by atoms with E-state index < -0.39 is 26.8 Å². The molecule has 0 aliphatic carbocycles. The van der Waals surface area contributed by atoms with Gasteiger partial charge in [0.05, 0.1) is 11.2 Å². The van der Waals surface area contributed by atoms with Gasteiger partial charge in [-0.05, 0) is 83.5 Å². The smallest absolute Gasteiger partial charge is 0.832 e. The molecule has 0 atom stereocenters. The van der Waals surface area contributed by atoms with E-state index in [9.17, 15) is 5.02 Å². The minimum atomic E-state index is -2.25. The van der Waals surface area contributed by atoms with Crippen molar-refractivity contribution in [2.75, 3.05) is 13.2 Å². The monoisotopic (exact) mass is 959 g/mol. The number of nitrogens with zero attached hydrogens (tertiary/aromatic N) is 1. The summed E-state index contributed by atoms with van der Waals surface area (Å²) in [6, 6.07) is 49.4. The van der Waals surface area contributed by atoms with E-state index in [4.69, 9.17) is 19.0 Å². The van der Waals surface area contributed by atoms with Crippen molar-refractivity contribution in [2.45, 2.75) is 143 Å². The van der Waals surface area contributed by atoms with E-state index in [1.165, 1.54) is 44.6 Å². The van der Waals surface area contributed by atoms with Crippen molar-refractivity contribution < 1.29 is 19.1 Å². The molecule has 0 unspecified atom stereocenters. The Morgan fingerprint density at radius 2 is 0.823 bits per heavy atom. The summed E-state index contributed by atoms with van der Waals surface area (Å²) < 4.78 is 14.8. The van der Waals surface area contributed by atoms with Gasteiger partial charge in [0.1, 0.15) is 0 Å². The Kier molecular flexibility index (Phi) is 20.8. The Morgan fingerprint density at radius 3 is 1.02 bits per heavy atom. The first-order valence-electron chi connectivity index (χ1n) is 22.6. The molecule has 0 saturated carbocycles. The average Bonchev–Trinajstić information content (AvgIpc) is 3.42. The fourth-order valence-corrected chi connectivity index (χ4v) is 14.3. The molecule has 5 aromatic rings. The van der Waals surface area contributed by atoms with E-state index in [0.29, 0.717) is 22.5 Å². The first-order chi connectivity index (χ1) is 28.9. The molecule has 5 nitrogen and oxygen atoms in total. The molecule has 5 aromatic carbocycles. The number of hydrogen-bond acceptors (Lipinski definition) is 4. The van der Waals surface area contributed by atoms with Gasteiger partial charge < -0.3 is 24.1 Å². The van der Waals surface area contributed by atoms with Crippen molar-refractivity contribution in [3.63, 3.8) is 0 Å². The Hall–Kier alpha value is -3.18. The third-order valence-corrected chi connectivity index (χ3v) is 18.9. The third kappa shape index (κ3) is 13.0. The predicted molar refractivity (Wildman–Crippen MR) is 266 cm³/mol. The van der Waals surface area contributed by atoms with Gasteiger partial charge in [0, 0.05) is 25.0 Å². The van der Waals surface area contributed by atoms with Crippen LogP contribution in [0.4, 0.5) is 5.69 Å². The summed E-state index contributed by atoms with van der Waals surface area (Å²) >= 11 is 0. The quantitative estimate of drug-likeness (QED) is 0.0822. The molecular formula is C54H74BNO4SiSn. The normalized spacial score (nSPS) is 14.4. The fourth-order valence-electron chi connectivity index (χ4n) is 8.87. The second-order valence-electron chi connectivity index (χ2n) is 18.5. The van der Waals surface area contributed by atoms with Crippen molar-refractivity contribution in [1.82, 2.24) is 0 Å². The fraction of sp³-hybridized carbons (Fsp3) is 0.444. The van der Waals surface area contributed by atoms with Crippen LogP contribution in [-0.4, -0.2) is 63.9 Å². The van der Waals surface area contributed by atoms with Crippen LogP contribution >= 0.6 is 0 Å². The van der Waals surface area contributed by atoms with Crippen molar-refractivity contribution in [2.24, 2.45) is 0 Å². The van der Waals surface area contributed by atoms with Crippen LogP contribution in [-0.2, 0) is 14.0 Å². The predicted octanol–water partition coefficient (Wildman–Crippen LogP) is 13.9. The van der Waals surface area contributed by atoms with E-state index in [2.05, 4.69) is 189 Å². The summed E-state index contributed by atoms with van der Waals surface area (Å²) in [4.78, 5) is 6.27. The van der Waals surface area contributed by atoms with Crippen LogP contribution in [0, 0.1) is 0 Å². The molecule has 330 valence electrons. The Labute approximate surface area is 395 Å². The Balaban J connectivity index is 0.000000542. The molecule has 1 aliphatic heterocycles. The summed E-state index contributed by atoms with van der Waals surface area (Å²) in [5, 5.41) is 10.7. The zero-order valence-electron chi connectivity index (χ0n) is 40.2. The molecule has 1 saturated heterocycles. The van der Waals surface area contributed by atoms with Crippen molar-refractivity contribution in [3.8, 4) is 0 Å². The first kappa shape index (κ1) is 53.2. The maximum Gasteiger partial charge on any atom is 2.00 e. The summed E-state index contributed by atoms with van der Waals surface area (Å²) in [6.07, 6.45) is 0. The van der Waals surface area contributed by atoms with Gasteiger partial charge >= 0.3 is 31.2 Å². The summed E-state index contributed by atoms with van der Waals surface area (Å²) in [7, 11) is -3.56. The van der Waals surface area contributed by atoms with Gasteiger partial charge in [-0.25, -0.2) is 0 Å². The zero-order chi connectivity index (χ0) is 45.0. The molecule has 0 bridgehead atoms. The van der Waals surface area contributed by atoms with E-state index >= 15 is 0 Å². The molecule has 1 aliphatic rings. The van der Waals surface area contributed by atoms with Crippen LogP contribution in [0.15, 0.2) is 133 Å². The van der Waals surface area contributed by atoms with E-state index in [-0.39, 0.29) is 35.7 Å². The molecule has 2 radical (unpaired) electrons. The number of ether oxygens (including phenoxy) is 1. The summed E-state index contributed by atoms with van der Waals surface area (Å²) in [5.41, 5.74) is 11.0. The zero-order valence-corrected chi connectivity index (χ0v) is 44.1. The SMILES string of the molecule is CC(C)c1cc(C(c2ccccc2)c2ccccc2)c([N-][Si](C(C)C)(C(C)C)C(C)C)c(C(c2ccccc2)c2ccccc2)c1.CC1(C)OB([O-])OC1(C)C.CCOCC.[Sn+2]. The van der Waals surface area contributed by atoms with Gasteiger partial charge in [0.15, 0.2) is 0 Å². The van der Waals surface area contributed by atoms with E-state index in [1.54, 1.807) is 0 Å². The van der Waals surface area contributed by atoms with Gasteiger partial charge in [-0.1, -0.05) is 217 Å². The molecule has 0 amide bonds. The minimum absolute atomic E-state index is 0. The van der Waals surface area contributed by atoms with Crippen molar-refractivity contribution in [1.29, 1.82) is 0 Å². The summed E-state index contributed by atoms with van der Waals surface area (Å²) in [6.45, 7) is 32.3.